The van der Waals surface area contributed by atoms with Crippen LogP contribution in [0.25, 0.3) is 0 Å². The van der Waals surface area contributed by atoms with Crippen molar-refractivity contribution in [3.63, 3.8) is 0 Å². The Morgan fingerprint density at radius 2 is 1.22 bits per heavy atom. The third-order valence-electron chi connectivity index (χ3n) is 0. The SMILES string of the molecule is CC(C)O.O.[Cl][Nd]([Cl])[Cl]. The van der Waals surface area contributed by atoms with Crippen molar-refractivity contribution in [2.24, 2.45) is 0 Å². The average molecular weight is 329 g/mol. The second-order valence-electron chi connectivity index (χ2n) is 1.31. The fourth-order valence-electron chi connectivity index (χ4n) is 0. The van der Waals surface area contributed by atoms with Gasteiger partial charge in [0.25, 0.3) is 0 Å². The number of rotatable bonds is 0. The fourth-order valence-corrected chi connectivity index (χ4v) is 0. The first-order valence-corrected chi connectivity index (χ1v) is 14.0. The summed E-state index contributed by atoms with van der Waals surface area (Å²) in [5.41, 5.74) is 0. The third-order valence-corrected chi connectivity index (χ3v) is 0. The molecule has 9 heavy (non-hydrogen) atoms. The predicted molar refractivity (Wildman–Crippen MR) is 38.5 cm³/mol. The number of hydrogen-bond acceptors (Lipinski definition) is 1. The third kappa shape index (κ3) is 147. The zero-order valence-electron chi connectivity index (χ0n) is 5.16. The summed E-state index contributed by atoms with van der Waals surface area (Å²) in [6.07, 6.45) is -0.167. The van der Waals surface area contributed by atoms with Crippen LogP contribution in [0.15, 0.2) is 0 Å². The molecule has 0 aliphatic carbocycles. The summed E-state index contributed by atoms with van der Waals surface area (Å²) in [4.78, 5) is 0. The van der Waals surface area contributed by atoms with E-state index in [1.165, 1.54) is 0 Å². The minimum atomic E-state index is -2.24. The van der Waals surface area contributed by atoms with Crippen molar-refractivity contribution in [1.82, 2.24) is 0 Å². The monoisotopic (exact) mass is 325 g/mol. The minimum absolute atomic E-state index is 0. The number of hydrogen-bond donors (Lipinski definition) is 1. The predicted octanol–water partition coefficient (Wildman–Crippen LogP) is 1.63. The van der Waals surface area contributed by atoms with Gasteiger partial charge in [0, 0.05) is 6.10 Å². The van der Waals surface area contributed by atoms with Crippen LogP contribution >= 0.6 is 17.4 Å². The molecule has 59 valence electrons. The normalized spacial score (nSPS) is 7.00. The Kier molecular flexibility index (Phi) is 24.6. The van der Waals surface area contributed by atoms with Crippen molar-refractivity contribution in [3.05, 3.63) is 0 Å². The zero-order valence-corrected chi connectivity index (χ0v) is 10.6. The molecule has 0 bridgehead atoms. The molecule has 0 saturated carbocycles. The summed E-state index contributed by atoms with van der Waals surface area (Å²) >= 11 is -2.24. The molecule has 0 aromatic rings. The van der Waals surface area contributed by atoms with Gasteiger partial charge in [0.05, 0.1) is 0 Å². The molecular weight excluding hydrogens is 319 g/mol. The Morgan fingerprint density at radius 1 is 1.22 bits per heavy atom. The Labute approximate surface area is 76.5 Å². The van der Waals surface area contributed by atoms with Gasteiger partial charge in [-0.05, 0) is 13.8 Å². The van der Waals surface area contributed by atoms with Gasteiger partial charge >= 0.3 is 47.3 Å². The molecule has 0 saturated heterocycles. The molecule has 0 rings (SSSR count). The topological polar surface area (TPSA) is 51.7 Å². The number of halogens is 3. The van der Waals surface area contributed by atoms with Gasteiger partial charge in [-0.25, -0.2) is 0 Å². The molecule has 0 amide bonds. The van der Waals surface area contributed by atoms with Crippen molar-refractivity contribution in [2.75, 3.05) is 0 Å². The Morgan fingerprint density at radius 3 is 1.22 bits per heavy atom. The van der Waals surface area contributed by atoms with E-state index in [2.05, 4.69) is 0 Å². The van der Waals surface area contributed by atoms with Crippen LogP contribution < -0.4 is 0 Å². The van der Waals surface area contributed by atoms with Crippen molar-refractivity contribution in [2.45, 2.75) is 20.0 Å². The molecule has 0 aromatic carbocycles. The van der Waals surface area contributed by atoms with E-state index in [1.54, 1.807) is 13.8 Å². The van der Waals surface area contributed by atoms with E-state index in [0.717, 1.165) is 0 Å². The van der Waals surface area contributed by atoms with Crippen molar-refractivity contribution >= 4 is 17.4 Å². The van der Waals surface area contributed by atoms with Crippen LogP contribution in [-0.4, -0.2) is 16.7 Å². The van der Waals surface area contributed by atoms with E-state index >= 15 is 0 Å². The van der Waals surface area contributed by atoms with Gasteiger partial charge in [-0.2, -0.15) is 0 Å². The number of aliphatic hydroxyl groups excluding tert-OH is 1. The second-order valence-corrected chi connectivity index (χ2v) is 15.4. The molecule has 0 spiro atoms. The summed E-state index contributed by atoms with van der Waals surface area (Å²) < 4.78 is 0. The number of aliphatic hydroxyl groups is 1. The van der Waals surface area contributed by atoms with E-state index in [9.17, 15) is 0 Å². The van der Waals surface area contributed by atoms with Gasteiger partial charge in [0.2, 0.25) is 0 Å². The van der Waals surface area contributed by atoms with E-state index in [-0.39, 0.29) is 11.6 Å². The molecule has 0 aromatic heterocycles. The van der Waals surface area contributed by atoms with Gasteiger partial charge in [0.15, 0.2) is 0 Å². The molecule has 0 fully saturated rings. The molecule has 0 radical (unpaired) electrons. The van der Waals surface area contributed by atoms with Gasteiger partial charge in [-0.15, -0.1) is 0 Å². The Balaban J connectivity index is -0.0000000720. The summed E-state index contributed by atoms with van der Waals surface area (Å²) in [5, 5.41) is 8.06. The molecule has 0 aliphatic rings. The van der Waals surface area contributed by atoms with Crippen molar-refractivity contribution < 1.29 is 40.5 Å². The second kappa shape index (κ2) is 12.8. The van der Waals surface area contributed by atoms with E-state index in [0.29, 0.717) is 0 Å². The average Bonchev–Trinajstić information content (AvgIpc) is 1.25. The van der Waals surface area contributed by atoms with Crippen molar-refractivity contribution in [1.29, 1.82) is 0 Å². The van der Waals surface area contributed by atoms with Gasteiger partial charge < -0.3 is 10.6 Å². The fraction of sp³-hybridized carbons (Fsp3) is 1.00. The molecule has 2 nitrogen and oxygen atoms in total. The van der Waals surface area contributed by atoms with Crippen LogP contribution in [-0.2, 0) is 0 Å². The first kappa shape index (κ1) is 17.3. The van der Waals surface area contributed by atoms with Crippen LogP contribution in [0.2, 0.25) is 0 Å². The van der Waals surface area contributed by atoms with Crippen LogP contribution in [0.1, 0.15) is 13.8 Å². The molecule has 0 heterocycles. The molecule has 6 heteroatoms. The van der Waals surface area contributed by atoms with Gasteiger partial charge in [0.1, 0.15) is 0 Å². The summed E-state index contributed by atoms with van der Waals surface area (Å²) in [6, 6.07) is 0. The van der Waals surface area contributed by atoms with Crippen LogP contribution in [0.3, 0.4) is 0 Å². The first-order valence-electron chi connectivity index (χ1n) is 1.98. The quantitative estimate of drug-likeness (QED) is 0.722. The molecular formula is C3H10Cl3NdO2. The summed E-state index contributed by atoms with van der Waals surface area (Å²) in [6.45, 7) is 3.44. The van der Waals surface area contributed by atoms with Gasteiger partial charge in [-0.3, -0.25) is 0 Å². The Hall–Kier alpha value is 2.14. The van der Waals surface area contributed by atoms with Crippen LogP contribution in [0.4, 0.5) is 0 Å². The van der Waals surface area contributed by atoms with E-state index < -0.39 is 29.9 Å². The van der Waals surface area contributed by atoms with Crippen LogP contribution in [0, 0.1) is 29.9 Å². The zero-order chi connectivity index (χ0) is 7.15. The molecule has 0 atom stereocenters. The molecule has 3 N–H and O–H groups in total. The first-order chi connectivity index (χ1) is 3.46. The van der Waals surface area contributed by atoms with Gasteiger partial charge in [-0.1, -0.05) is 0 Å². The van der Waals surface area contributed by atoms with E-state index in [4.69, 9.17) is 22.5 Å². The maximum absolute atomic E-state index is 8.06. The standard InChI is InChI=1S/C3H8O.3ClH.Nd.H2O/c1-3(2)4;;;;;/h3-4H,1-2H3;3*1H;;1H2/q;;;;+3;/p-3. The maximum atomic E-state index is 8.06. The summed E-state index contributed by atoms with van der Waals surface area (Å²) in [5.74, 6) is 15.1. The van der Waals surface area contributed by atoms with Crippen molar-refractivity contribution in [3.8, 4) is 0 Å². The van der Waals surface area contributed by atoms with E-state index in [1.807, 2.05) is 0 Å². The van der Waals surface area contributed by atoms with Crippen LogP contribution in [0.5, 0.6) is 0 Å². The summed E-state index contributed by atoms with van der Waals surface area (Å²) in [7, 11) is 0. The Bertz CT molecular complexity index is 32.5. The molecule has 0 aliphatic heterocycles. The molecule has 0 unspecified atom stereocenters.